The molecule has 0 saturated carbocycles. The molecular formula is C20H27N8O2+. The van der Waals surface area contributed by atoms with E-state index in [-0.39, 0.29) is 35.3 Å². The van der Waals surface area contributed by atoms with Crippen molar-refractivity contribution in [3.05, 3.63) is 35.4 Å². The lowest BCUT2D eigenvalue weighted by atomic mass is 10.2. The second-order valence-corrected chi connectivity index (χ2v) is 6.76. The Morgan fingerprint density at radius 2 is 1.93 bits per heavy atom. The molecule has 10 nitrogen and oxygen atoms in total. The first-order chi connectivity index (χ1) is 14.3. The van der Waals surface area contributed by atoms with Gasteiger partial charge in [-0.05, 0) is 32.9 Å². The number of imidazole rings is 1. The Hall–Kier alpha value is -3.69. The standard InChI is InChI=1S/C20H26N8O2/c1-5-27-13-8-7-12(30-4)9-14(13)28(6-2)15(27)10-24-20(29)17-19(23)26-18(22)16(25-17)11(3)21/h7-9H,5-6,10H2,1-4H3,(H5-,21,22,23,24,26,29)/p+1. The number of anilines is 2. The fraction of sp³-hybridized carbons (Fsp3) is 0.350. The minimum Gasteiger partial charge on any atom is -0.497 e. The molecule has 0 aliphatic heterocycles. The SMILES string of the molecule is CCn1c(CNC(=O)c2nc(C(C)=N)c(N)nc2N)[n+](CC)c2ccc(OC)cc21. The Morgan fingerprint density at radius 3 is 2.53 bits per heavy atom. The van der Waals surface area contributed by atoms with Crippen LogP contribution in [0.3, 0.4) is 0 Å². The van der Waals surface area contributed by atoms with E-state index in [9.17, 15) is 4.79 Å². The van der Waals surface area contributed by atoms with Gasteiger partial charge in [-0.25, -0.2) is 19.1 Å². The highest BCUT2D eigenvalue weighted by Crippen LogP contribution is 2.21. The Bertz CT molecular complexity index is 1140. The second kappa shape index (κ2) is 8.36. The number of nitrogens with one attached hydrogen (secondary N) is 2. The number of aromatic nitrogens is 4. The summed E-state index contributed by atoms with van der Waals surface area (Å²) < 4.78 is 9.64. The van der Waals surface area contributed by atoms with Crippen molar-refractivity contribution in [2.24, 2.45) is 0 Å². The van der Waals surface area contributed by atoms with Gasteiger partial charge < -0.3 is 26.9 Å². The molecule has 0 atom stereocenters. The maximum Gasteiger partial charge on any atom is 0.277 e. The van der Waals surface area contributed by atoms with Gasteiger partial charge in [0.2, 0.25) is 0 Å². The van der Waals surface area contributed by atoms with Crippen LogP contribution in [-0.4, -0.2) is 33.3 Å². The normalized spacial score (nSPS) is 10.9. The van der Waals surface area contributed by atoms with Gasteiger partial charge >= 0.3 is 0 Å². The number of rotatable bonds is 7. The summed E-state index contributed by atoms with van der Waals surface area (Å²) in [6, 6.07) is 5.92. The van der Waals surface area contributed by atoms with E-state index >= 15 is 0 Å². The van der Waals surface area contributed by atoms with Gasteiger partial charge in [-0.15, -0.1) is 0 Å². The number of nitrogens with zero attached hydrogens (tertiary/aromatic N) is 4. The molecule has 2 aromatic heterocycles. The Balaban J connectivity index is 1.97. The Labute approximate surface area is 174 Å². The molecule has 158 valence electrons. The minimum absolute atomic E-state index is 0.0282. The Morgan fingerprint density at radius 1 is 1.23 bits per heavy atom. The number of carbonyl (C=O) groups is 1. The average Bonchev–Trinajstić information content (AvgIpc) is 3.03. The molecule has 2 heterocycles. The van der Waals surface area contributed by atoms with Crippen molar-refractivity contribution in [2.75, 3.05) is 18.6 Å². The molecule has 6 N–H and O–H groups in total. The van der Waals surface area contributed by atoms with Crippen LogP contribution in [0.5, 0.6) is 5.75 Å². The molecule has 10 heteroatoms. The summed E-state index contributed by atoms with van der Waals surface area (Å²) in [6.07, 6.45) is 0. The van der Waals surface area contributed by atoms with E-state index in [1.165, 1.54) is 6.92 Å². The molecule has 3 rings (SSSR count). The van der Waals surface area contributed by atoms with Crippen molar-refractivity contribution in [3.63, 3.8) is 0 Å². The van der Waals surface area contributed by atoms with Crippen molar-refractivity contribution in [1.82, 2.24) is 19.9 Å². The summed E-state index contributed by atoms with van der Waals surface area (Å²) >= 11 is 0. The van der Waals surface area contributed by atoms with Gasteiger partial charge in [0.1, 0.15) is 18.0 Å². The van der Waals surface area contributed by atoms with E-state index in [1.54, 1.807) is 7.11 Å². The molecular weight excluding hydrogens is 384 g/mol. The highest BCUT2D eigenvalue weighted by Gasteiger charge is 2.25. The fourth-order valence-corrected chi connectivity index (χ4v) is 3.54. The summed E-state index contributed by atoms with van der Waals surface area (Å²) in [6.45, 7) is 7.35. The number of fused-ring (bicyclic) bond motifs is 1. The van der Waals surface area contributed by atoms with Crippen LogP contribution >= 0.6 is 0 Å². The molecule has 0 aliphatic rings. The van der Waals surface area contributed by atoms with E-state index in [2.05, 4.69) is 31.3 Å². The number of nitrogen functional groups attached to an aromatic ring is 2. The zero-order valence-electron chi connectivity index (χ0n) is 17.6. The van der Waals surface area contributed by atoms with Crippen LogP contribution in [-0.2, 0) is 19.6 Å². The molecule has 3 aromatic rings. The van der Waals surface area contributed by atoms with E-state index in [1.807, 2.05) is 25.1 Å². The maximum atomic E-state index is 12.8. The topological polar surface area (TPSA) is 149 Å². The smallest absolute Gasteiger partial charge is 0.277 e. The summed E-state index contributed by atoms with van der Waals surface area (Å²) in [7, 11) is 1.64. The highest BCUT2D eigenvalue weighted by atomic mass is 16.5. The van der Waals surface area contributed by atoms with Crippen LogP contribution in [0, 0.1) is 5.41 Å². The summed E-state index contributed by atoms with van der Waals surface area (Å²) in [5.74, 6) is 1.19. The molecule has 0 unspecified atom stereocenters. The van der Waals surface area contributed by atoms with Crippen LogP contribution in [0.25, 0.3) is 11.0 Å². The van der Waals surface area contributed by atoms with Crippen LogP contribution < -0.4 is 26.1 Å². The lowest BCUT2D eigenvalue weighted by Crippen LogP contribution is -2.40. The zero-order valence-corrected chi connectivity index (χ0v) is 17.6. The van der Waals surface area contributed by atoms with Crippen LogP contribution in [0.2, 0.25) is 0 Å². The number of hydrogen-bond acceptors (Lipinski definition) is 7. The summed E-state index contributed by atoms with van der Waals surface area (Å²) in [5, 5.41) is 10.6. The van der Waals surface area contributed by atoms with Gasteiger partial charge in [0.15, 0.2) is 28.4 Å². The van der Waals surface area contributed by atoms with Gasteiger partial charge in [0.05, 0.1) is 25.9 Å². The van der Waals surface area contributed by atoms with Gasteiger partial charge in [0, 0.05) is 6.07 Å². The third kappa shape index (κ3) is 3.63. The minimum atomic E-state index is -0.476. The van der Waals surface area contributed by atoms with Gasteiger partial charge in [-0.3, -0.25) is 4.79 Å². The fourth-order valence-electron chi connectivity index (χ4n) is 3.54. The largest absolute Gasteiger partial charge is 0.497 e. The third-order valence-electron chi connectivity index (χ3n) is 4.95. The summed E-state index contributed by atoms with van der Waals surface area (Å²) in [4.78, 5) is 20.9. The molecule has 0 fully saturated rings. The van der Waals surface area contributed by atoms with Crippen molar-refractivity contribution in [3.8, 4) is 5.75 Å². The van der Waals surface area contributed by atoms with Crippen molar-refractivity contribution in [1.29, 1.82) is 5.41 Å². The zero-order chi connectivity index (χ0) is 22.0. The molecule has 30 heavy (non-hydrogen) atoms. The molecule has 0 saturated heterocycles. The number of aryl methyl sites for hydroxylation is 2. The first-order valence-electron chi connectivity index (χ1n) is 9.67. The van der Waals surface area contributed by atoms with E-state index < -0.39 is 5.91 Å². The van der Waals surface area contributed by atoms with Crippen LogP contribution in [0.15, 0.2) is 18.2 Å². The van der Waals surface area contributed by atoms with E-state index in [4.69, 9.17) is 21.6 Å². The number of amides is 1. The van der Waals surface area contributed by atoms with Gasteiger partial charge in [0.25, 0.3) is 11.7 Å². The van der Waals surface area contributed by atoms with Crippen molar-refractivity contribution < 1.29 is 14.1 Å². The number of ether oxygens (including phenoxy) is 1. The lowest BCUT2D eigenvalue weighted by molar-refractivity contribution is -0.676. The van der Waals surface area contributed by atoms with Crippen LogP contribution in [0.4, 0.5) is 11.6 Å². The first-order valence-corrected chi connectivity index (χ1v) is 9.67. The lowest BCUT2D eigenvalue weighted by Gasteiger charge is -2.09. The average molecular weight is 411 g/mol. The molecule has 1 aromatic carbocycles. The van der Waals surface area contributed by atoms with Gasteiger partial charge in [-0.1, -0.05) is 0 Å². The molecule has 1 amide bonds. The predicted octanol–water partition coefficient (Wildman–Crippen LogP) is 1.25. The van der Waals surface area contributed by atoms with E-state index in [0.717, 1.165) is 35.7 Å². The second-order valence-electron chi connectivity index (χ2n) is 6.76. The number of benzene rings is 1. The first kappa shape index (κ1) is 21.0. The number of carbonyl (C=O) groups excluding carboxylic acids is 1. The van der Waals surface area contributed by atoms with Crippen molar-refractivity contribution >= 4 is 34.3 Å². The highest BCUT2D eigenvalue weighted by molar-refractivity contribution is 6.02. The van der Waals surface area contributed by atoms with Gasteiger partial charge in [-0.2, -0.15) is 0 Å². The number of hydrogen-bond donors (Lipinski definition) is 4. The number of nitrogens with two attached hydrogens (primary N) is 2. The quantitative estimate of drug-likeness (QED) is 0.339. The monoisotopic (exact) mass is 411 g/mol. The molecule has 0 bridgehead atoms. The van der Waals surface area contributed by atoms with E-state index in [0.29, 0.717) is 0 Å². The molecule has 0 aliphatic carbocycles. The number of methoxy groups -OCH3 is 1. The molecule has 0 spiro atoms. The Kier molecular flexibility index (Phi) is 5.86. The maximum absolute atomic E-state index is 12.8. The predicted molar refractivity (Wildman–Crippen MR) is 115 cm³/mol. The van der Waals surface area contributed by atoms with Crippen molar-refractivity contribution in [2.45, 2.75) is 40.4 Å². The molecule has 0 radical (unpaired) electrons. The third-order valence-corrected chi connectivity index (χ3v) is 4.95. The summed E-state index contributed by atoms with van der Waals surface area (Å²) in [5.41, 5.74) is 13.9. The van der Waals surface area contributed by atoms with Crippen LogP contribution in [0.1, 0.15) is 42.8 Å².